The minimum absolute atomic E-state index is 0.228. The van der Waals surface area contributed by atoms with Gasteiger partial charge in [-0.15, -0.1) is 0 Å². The van der Waals surface area contributed by atoms with Crippen molar-refractivity contribution in [3.05, 3.63) is 22.4 Å². The molecule has 0 amide bonds. The molecule has 1 aromatic heterocycles. The molecule has 0 spiro atoms. The van der Waals surface area contributed by atoms with Gasteiger partial charge in [0.2, 0.25) is 0 Å². The van der Waals surface area contributed by atoms with Crippen LogP contribution in [0.5, 0.6) is 0 Å². The quantitative estimate of drug-likeness (QED) is 0.602. The normalized spacial score (nSPS) is 22.7. The fraction of sp³-hybridized carbons (Fsp3) is 0.737. The maximum Gasteiger partial charge on any atom is 0.191 e. The summed E-state index contributed by atoms with van der Waals surface area (Å²) in [5.74, 6) is 1.40. The van der Waals surface area contributed by atoms with E-state index in [4.69, 9.17) is 4.74 Å². The van der Waals surface area contributed by atoms with Crippen molar-refractivity contribution in [3.8, 4) is 0 Å². The second-order valence-corrected chi connectivity index (χ2v) is 8.08. The Morgan fingerprint density at radius 3 is 2.72 bits per heavy atom. The van der Waals surface area contributed by atoms with Crippen molar-refractivity contribution in [1.82, 2.24) is 15.5 Å². The van der Waals surface area contributed by atoms with E-state index in [-0.39, 0.29) is 5.54 Å². The number of rotatable bonds is 6. The first-order valence-electron chi connectivity index (χ1n) is 9.53. The lowest BCUT2D eigenvalue weighted by atomic mass is 9.88. The molecule has 1 unspecified atom stereocenters. The molecule has 140 valence electrons. The lowest BCUT2D eigenvalue weighted by Crippen LogP contribution is -2.58. The summed E-state index contributed by atoms with van der Waals surface area (Å²) in [6.07, 6.45) is 4.88. The van der Waals surface area contributed by atoms with Gasteiger partial charge in [0, 0.05) is 38.9 Å². The van der Waals surface area contributed by atoms with Crippen LogP contribution < -0.4 is 10.6 Å². The molecular formula is C19H32N4OS. The van der Waals surface area contributed by atoms with E-state index in [0.29, 0.717) is 5.92 Å². The number of hydrogen-bond acceptors (Lipinski definition) is 4. The topological polar surface area (TPSA) is 48.9 Å². The smallest absolute Gasteiger partial charge is 0.191 e. The van der Waals surface area contributed by atoms with Crippen LogP contribution in [0.15, 0.2) is 21.8 Å². The fourth-order valence-corrected chi connectivity index (χ4v) is 4.72. The van der Waals surface area contributed by atoms with Crippen LogP contribution in [-0.2, 0) is 4.74 Å². The molecule has 2 saturated heterocycles. The van der Waals surface area contributed by atoms with Gasteiger partial charge in [0.05, 0.1) is 0 Å². The summed E-state index contributed by atoms with van der Waals surface area (Å²) in [6, 6.07) is 2.21. The van der Waals surface area contributed by atoms with Crippen molar-refractivity contribution < 1.29 is 4.74 Å². The highest BCUT2D eigenvalue weighted by atomic mass is 32.1. The number of aliphatic imine (C=N–C) groups is 1. The van der Waals surface area contributed by atoms with Gasteiger partial charge < -0.3 is 15.4 Å². The molecule has 2 aliphatic heterocycles. The third-order valence-corrected chi connectivity index (χ3v) is 6.40. The third-order valence-electron chi connectivity index (χ3n) is 5.70. The van der Waals surface area contributed by atoms with Gasteiger partial charge in [0.1, 0.15) is 0 Å². The maximum atomic E-state index is 5.64. The Labute approximate surface area is 155 Å². The van der Waals surface area contributed by atoms with Crippen LogP contribution in [0.2, 0.25) is 0 Å². The Balaban J connectivity index is 1.53. The Morgan fingerprint density at radius 2 is 2.08 bits per heavy atom. The van der Waals surface area contributed by atoms with E-state index in [1.165, 1.54) is 31.5 Å². The predicted octanol–water partition coefficient (Wildman–Crippen LogP) is 2.66. The van der Waals surface area contributed by atoms with E-state index in [0.717, 1.165) is 45.1 Å². The van der Waals surface area contributed by atoms with Gasteiger partial charge in [-0.1, -0.05) is 6.92 Å². The number of nitrogens with one attached hydrogen (secondary N) is 2. The van der Waals surface area contributed by atoms with E-state index in [1.54, 1.807) is 11.3 Å². The number of likely N-dealkylation sites (tertiary alicyclic amines) is 1. The lowest BCUT2D eigenvalue weighted by Gasteiger charge is -2.45. The molecule has 0 saturated carbocycles. The van der Waals surface area contributed by atoms with E-state index in [2.05, 4.69) is 44.3 Å². The second kappa shape index (κ2) is 9.01. The number of nitrogens with zero attached hydrogens (tertiary/aromatic N) is 2. The fourth-order valence-electron chi connectivity index (χ4n) is 3.94. The van der Waals surface area contributed by atoms with Crippen LogP contribution in [0.3, 0.4) is 0 Å². The number of ether oxygens (including phenoxy) is 1. The summed E-state index contributed by atoms with van der Waals surface area (Å²) in [4.78, 5) is 7.12. The first-order valence-corrected chi connectivity index (χ1v) is 10.5. The van der Waals surface area contributed by atoms with E-state index >= 15 is 0 Å². The lowest BCUT2D eigenvalue weighted by molar-refractivity contribution is -0.0164. The standard InChI is InChI=1S/C19H32N4OS/c1-16(17-5-12-25-14-17)13-21-18(20-2)22-15-19(6-10-24-11-7-19)23-8-3-4-9-23/h5,12,14,16H,3-4,6-11,13,15H2,1-2H3,(H2,20,21,22). The molecule has 25 heavy (non-hydrogen) atoms. The number of thiophene rings is 1. The molecule has 5 nitrogen and oxygen atoms in total. The highest BCUT2D eigenvalue weighted by Crippen LogP contribution is 2.30. The monoisotopic (exact) mass is 364 g/mol. The molecule has 0 aliphatic carbocycles. The summed E-state index contributed by atoms with van der Waals surface area (Å²) in [7, 11) is 1.86. The summed E-state index contributed by atoms with van der Waals surface area (Å²) in [5.41, 5.74) is 1.62. The van der Waals surface area contributed by atoms with E-state index in [1.807, 2.05) is 7.05 Å². The van der Waals surface area contributed by atoms with Gasteiger partial charge in [-0.25, -0.2) is 0 Å². The second-order valence-electron chi connectivity index (χ2n) is 7.30. The van der Waals surface area contributed by atoms with E-state index in [9.17, 15) is 0 Å². The molecule has 6 heteroatoms. The Hall–Kier alpha value is -1.11. The molecule has 3 heterocycles. The molecule has 3 rings (SSSR count). The van der Waals surface area contributed by atoms with Crippen molar-refractivity contribution >= 4 is 17.3 Å². The molecule has 1 atom stereocenters. The zero-order chi connectivity index (χ0) is 17.5. The first kappa shape index (κ1) is 18.7. The molecule has 1 aromatic rings. The molecule has 2 N–H and O–H groups in total. The highest BCUT2D eigenvalue weighted by molar-refractivity contribution is 7.07. The van der Waals surface area contributed by atoms with Crippen molar-refractivity contribution in [2.45, 2.75) is 44.1 Å². The number of hydrogen-bond donors (Lipinski definition) is 2. The van der Waals surface area contributed by atoms with Gasteiger partial charge in [0.15, 0.2) is 5.96 Å². The van der Waals surface area contributed by atoms with Gasteiger partial charge in [-0.05, 0) is 67.1 Å². The molecule has 0 radical (unpaired) electrons. The maximum absolute atomic E-state index is 5.64. The molecule has 2 fully saturated rings. The van der Waals surface area contributed by atoms with Gasteiger partial charge in [0.25, 0.3) is 0 Å². The largest absolute Gasteiger partial charge is 0.381 e. The van der Waals surface area contributed by atoms with Gasteiger partial charge in [-0.2, -0.15) is 11.3 Å². The third kappa shape index (κ3) is 4.74. The van der Waals surface area contributed by atoms with E-state index < -0.39 is 0 Å². The predicted molar refractivity (Wildman–Crippen MR) is 106 cm³/mol. The Bertz CT molecular complexity index is 534. The van der Waals surface area contributed by atoms with Crippen molar-refractivity contribution in [3.63, 3.8) is 0 Å². The summed E-state index contributed by atoms with van der Waals surface area (Å²) >= 11 is 1.76. The van der Waals surface area contributed by atoms with Crippen LogP contribution in [0, 0.1) is 0 Å². The van der Waals surface area contributed by atoms with Crippen molar-refractivity contribution in [1.29, 1.82) is 0 Å². The summed E-state index contributed by atoms with van der Waals surface area (Å²) in [6.45, 7) is 8.30. The summed E-state index contributed by atoms with van der Waals surface area (Å²) < 4.78 is 5.64. The van der Waals surface area contributed by atoms with Crippen molar-refractivity contribution in [2.75, 3.05) is 46.4 Å². The molecule has 2 aliphatic rings. The van der Waals surface area contributed by atoms with Crippen molar-refractivity contribution in [2.24, 2.45) is 4.99 Å². The van der Waals surface area contributed by atoms with Gasteiger partial charge >= 0.3 is 0 Å². The molecular weight excluding hydrogens is 332 g/mol. The SMILES string of the molecule is CN=C(NCC(C)c1ccsc1)NCC1(N2CCCC2)CCOCC1. The van der Waals surface area contributed by atoms with Crippen LogP contribution in [0.1, 0.15) is 44.1 Å². The zero-order valence-electron chi connectivity index (χ0n) is 15.6. The molecule has 0 aromatic carbocycles. The first-order chi connectivity index (χ1) is 12.2. The van der Waals surface area contributed by atoms with Gasteiger partial charge in [-0.3, -0.25) is 9.89 Å². The average molecular weight is 365 g/mol. The summed E-state index contributed by atoms with van der Waals surface area (Å²) in [5, 5.41) is 11.5. The Morgan fingerprint density at radius 1 is 1.32 bits per heavy atom. The number of guanidine groups is 1. The zero-order valence-corrected chi connectivity index (χ0v) is 16.4. The minimum atomic E-state index is 0.228. The molecule has 0 bridgehead atoms. The Kier molecular flexibility index (Phi) is 6.73. The minimum Gasteiger partial charge on any atom is -0.381 e. The van der Waals surface area contributed by atoms with Crippen LogP contribution >= 0.6 is 11.3 Å². The van der Waals surface area contributed by atoms with Crippen LogP contribution in [0.25, 0.3) is 0 Å². The van der Waals surface area contributed by atoms with Crippen LogP contribution in [-0.4, -0.2) is 62.8 Å². The highest BCUT2D eigenvalue weighted by Gasteiger charge is 2.39. The average Bonchev–Trinajstić information content (AvgIpc) is 3.36. The van der Waals surface area contributed by atoms with Crippen LogP contribution in [0.4, 0.5) is 0 Å².